The second kappa shape index (κ2) is 8.07. The maximum atomic E-state index is 12.3. The number of nitrogens with one attached hydrogen (secondary N) is 1. The van der Waals surface area contributed by atoms with Gasteiger partial charge in [0, 0.05) is 45.0 Å². The monoisotopic (exact) mass is 332 g/mol. The van der Waals surface area contributed by atoms with Crippen LogP contribution in [0, 0.1) is 0 Å². The van der Waals surface area contributed by atoms with Crippen molar-refractivity contribution in [3.8, 4) is 0 Å². The van der Waals surface area contributed by atoms with E-state index in [-0.39, 0.29) is 18.1 Å². The Morgan fingerprint density at radius 3 is 2.79 bits per heavy atom. The summed E-state index contributed by atoms with van der Waals surface area (Å²) >= 11 is 0. The van der Waals surface area contributed by atoms with Crippen LogP contribution in [0.5, 0.6) is 0 Å². The molecular formula is C18H28N4O2. The number of hydrogen-bond donors (Lipinski definition) is 2. The summed E-state index contributed by atoms with van der Waals surface area (Å²) in [5, 5.41) is 2.98. The molecule has 24 heavy (non-hydrogen) atoms. The van der Waals surface area contributed by atoms with Gasteiger partial charge in [0.15, 0.2) is 0 Å². The number of benzene rings is 1. The number of ether oxygens (including phenoxy) is 1. The number of carbonyl (C=O) groups is 1. The summed E-state index contributed by atoms with van der Waals surface area (Å²) in [6.07, 6.45) is 1.25. The van der Waals surface area contributed by atoms with Gasteiger partial charge in [-0.2, -0.15) is 0 Å². The van der Waals surface area contributed by atoms with Crippen LogP contribution in [0.1, 0.15) is 18.4 Å². The standard InChI is InChI=1S/C18H28N4O2/c1-21-7-9-22(10-8-21)13-14-3-2-4-15(11-14)20-18(23)17-6-5-16(12-19)24-17/h2-4,11,16-17H,5-10,12-13,19H2,1H3,(H,20,23)/t16-,17+/m1/s1. The van der Waals surface area contributed by atoms with Gasteiger partial charge < -0.3 is 20.7 Å². The van der Waals surface area contributed by atoms with Crippen molar-refractivity contribution in [1.29, 1.82) is 0 Å². The van der Waals surface area contributed by atoms with Gasteiger partial charge in [-0.05, 0) is 37.6 Å². The van der Waals surface area contributed by atoms with Crippen LogP contribution in [0.15, 0.2) is 24.3 Å². The summed E-state index contributed by atoms with van der Waals surface area (Å²) in [5.74, 6) is -0.0669. The normalized spacial score (nSPS) is 25.8. The van der Waals surface area contributed by atoms with Crippen LogP contribution in [0.3, 0.4) is 0 Å². The Kier molecular flexibility index (Phi) is 5.84. The van der Waals surface area contributed by atoms with Gasteiger partial charge in [0.2, 0.25) is 0 Å². The number of rotatable bonds is 5. The van der Waals surface area contributed by atoms with Crippen LogP contribution >= 0.6 is 0 Å². The molecule has 1 aromatic rings. The molecule has 2 heterocycles. The van der Waals surface area contributed by atoms with E-state index in [1.807, 2.05) is 12.1 Å². The molecule has 1 aromatic carbocycles. The molecule has 0 aliphatic carbocycles. The van der Waals surface area contributed by atoms with Gasteiger partial charge in [-0.15, -0.1) is 0 Å². The molecule has 2 saturated heterocycles. The van der Waals surface area contributed by atoms with Crippen molar-refractivity contribution < 1.29 is 9.53 Å². The number of piperazine rings is 1. The number of hydrogen-bond acceptors (Lipinski definition) is 5. The Labute approximate surface area is 143 Å². The van der Waals surface area contributed by atoms with E-state index in [9.17, 15) is 4.79 Å². The van der Waals surface area contributed by atoms with Gasteiger partial charge in [0.1, 0.15) is 6.10 Å². The Morgan fingerprint density at radius 1 is 1.29 bits per heavy atom. The third-order valence-corrected chi connectivity index (χ3v) is 4.86. The quantitative estimate of drug-likeness (QED) is 0.838. The molecule has 3 rings (SSSR count). The van der Waals surface area contributed by atoms with Crippen LogP contribution < -0.4 is 11.1 Å². The zero-order valence-corrected chi connectivity index (χ0v) is 14.4. The molecular weight excluding hydrogens is 304 g/mol. The Hall–Kier alpha value is -1.47. The van der Waals surface area contributed by atoms with Crippen LogP contribution in [0.2, 0.25) is 0 Å². The minimum absolute atomic E-state index is 0.0179. The van der Waals surface area contributed by atoms with E-state index in [2.05, 4.69) is 34.3 Å². The van der Waals surface area contributed by atoms with Gasteiger partial charge in [-0.25, -0.2) is 0 Å². The van der Waals surface area contributed by atoms with E-state index in [0.29, 0.717) is 6.54 Å². The lowest BCUT2D eigenvalue weighted by atomic mass is 10.1. The highest BCUT2D eigenvalue weighted by atomic mass is 16.5. The van der Waals surface area contributed by atoms with Crippen LogP contribution in [-0.4, -0.2) is 67.7 Å². The molecule has 3 N–H and O–H groups in total. The van der Waals surface area contributed by atoms with Crippen LogP contribution in [-0.2, 0) is 16.1 Å². The first kappa shape index (κ1) is 17.4. The fourth-order valence-corrected chi connectivity index (χ4v) is 3.31. The maximum Gasteiger partial charge on any atom is 0.253 e. The lowest BCUT2D eigenvalue weighted by Crippen LogP contribution is -2.43. The first-order valence-corrected chi connectivity index (χ1v) is 8.80. The molecule has 2 fully saturated rings. The highest BCUT2D eigenvalue weighted by Crippen LogP contribution is 2.21. The van der Waals surface area contributed by atoms with E-state index in [4.69, 9.17) is 10.5 Å². The Morgan fingerprint density at radius 2 is 2.08 bits per heavy atom. The number of amides is 1. The predicted molar refractivity (Wildman–Crippen MR) is 94.8 cm³/mol. The number of anilines is 1. The van der Waals surface area contributed by atoms with Crippen molar-refractivity contribution in [3.05, 3.63) is 29.8 Å². The van der Waals surface area contributed by atoms with E-state index < -0.39 is 0 Å². The third-order valence-electron chi connectivity index (χ3n) is 4.86. The topological polar surface area (TPSA) is 70.8 Å². The molecule has 0 bridgehead atoms. The summed E-state index contributed by atoms with van der Waals surface area (Å²) < 4.78 is 5.66. The fourth-order valence-electron chi connectivity index (χ4n) is 3.31. The Bertz CT molecular complexity index is 558. The van der Waals surface area contributed by atoms with Gasteiger partial charge >= 0.3 is 0 Å². The first-order valence-electron chi connectivity index (χ1n) is 8.80. The summed E-state index contributed by atoms with van der Waals surface area (Å²) in [6, 6.07) is 8.11. The average molecular weight is 332 g/mol. The number of carbonyl (C=O) groups excluding carboxylic acids is 1. The van der Waals surface area contributed by atoms with Gasteiger partial charge in [0.25, 0.3) is 5.91 Å². The highest BCUT2D eigenvalue weighted by Gasteiger charge is 2.29. The van der Waals surface area contributed by atoms with E-state index in [0.717, 1.165) is 51.3 Å². The van der Waals surface area contributed by atoms with Gasteiger partial charge in [-0.3, -0.25) is 9.69 Å². The van der Waals surface area contributed by atoms with Crippen molar-refractivity contribution in [3.63, 3.8) is 0 Å². The number of nitrogens with two attached hydrogens (primary N) is 1. The van der Waals surface area contributed by atoms with E-state index in [1.54, 1.807) is 0 Å². The zero-order valence-electron chi connectivity index (χ0n) is 14.4. The summed E-state index contributed by atoms with van der Waals surface area (Å²) in [5.41, 5.74) is 7.67. The maximum absolute atomic E-state index is 12.3. The van der Waals surface area contributed by atoms with E-state index >= 15 is 0 Å². The minimum atomic E-state index is -0.375. The number of nitrogens with zero attached hydrogens (tertiary/aromatic N) is 2. The lowest BCUT2D eigenvalue weighted by molar-refractivity contribution is -0.126. The molecule has 0 unspecified atom stereocenters. The molecule has 6 heteroatoms. The van der Waals surface area contributed by atoms with Crippen LogP contribution in [0.4, 0.5) is 5.69 Å². The fraction of sp³-hybridized carbons (Fsp3) is 0.611. The molecule has 0 aromatic heterocycles. The average Bonchev–Trinajstić information content (AvgIpc) is 3.07. The second-order valence-corrected chi connectivity index (χ2v) is 6.83. The van der Waals surface area contributed by atoms with E-state index in [1.165, 1.54) is 5.56 Å². The molecule has 6 nitrogen and oxygen atoms in total. The van der Waals surface area contributed by atoms with Crippen molar-refractivity contribution in [2.24, 2.45) is 5.73 Å². The first-order chi connectivity index (χ1) is 11.6. The summed E-state index contributed by atoms with van der Waals surface area (Å²) in [4.78, 5) is 17.1. The van der Waals surface area contributed by atoms with Crippen molar-refractivity contribution in [1.82, 2.24) is 9.80 Å². The van der Waals surface area contributed by atoms with Crippen molar-refractivity contribution >= 4 is 11.6 Å². The second-order valence-electron chi connectivity index (χ2n) is 6.83. The molecule has 2 aliphatic rings. The van der Waals surface area contributed by atoms with Crippen LogP contribution in [0.25, 0.3) is 0 Å². The molecule has 2 atom stereocenters. The number of likely N-dealkylation sites (N-methyl/N-ethyl adjacent to an activating group) is 1. The van der Waals surface area contributed by atoms with Gasteiger partial charge in [-0.1, -0.05) is 12.1 Å². The lowest BCUT2D eigenvalue weighted by Gasteiger charge is -2.32. The molecule has 132 valence electrons. The minimum Gasteiger partial charge on any atom is -0.364 e. The third kappa shape index (κ3) is 4.54. The SMILES string of the molecule is CN1CCN(Cc2cccc(NC(=O)[C@@H]3CC[C@H](CN)O3)c2)CC1. The molecule has 0 saturated carbocycles. The summed E-state index contributed by atoms with van der Waals surface area (Å²) in [7, 11) is 2.16. The molecule has 1 amide bonds. The zero-order chi connectivity index (χ0) is 16.9. The van der Waals surface area contributed by atoms with Gasteiger partial charge in [0.05, 0.1) is 6.10 Å². The predicted octanol–water partition coefficient (Wildman–Crippen LogP) is 0.879. The van der Waals surface area contributed by atoms with Crippen molar-refractivity contribution in [2.45, 2.75) is 31.6 Å². The van der Waals surface area contributed by atoms with Crippen molar-refractivity contribution in [2.75, 3.05) is 45.1 Å². The largest absolute Gasteiger partial charge is 0.364 e. The Balaban J connectivity index is 1.54. The smallest absolute Gasteiger partial charge is 0.253 e. The molecule has 0 spiro atoms. The summed E-state index contributed by atoms with van der Waals surface area (Å²) in [6.45, 7) is 5.79. The highest BCUT2D eigenvalue weighted by molar-refractivity contribution is 5.94. The molecule has 2 aliphatic heterocycles. The molecule has 0 radical (unpaired) electrons.